The zero-order valence-corrected chi connectivity index (χ0v) is 18.3. The number of alkyl halides is 3. The molecule has 0 unspecified atom stereocenters. The molecule has 2 nitrogen and oxygen atoms in total. The van der Waals surface area contributed by atoms with Gasteiger partial charge < -0.3 is 0 Å². The van der Waals surface area contributed by atoms with Gasteiger partial charge in [-0.25, -0.2) is 14.4 Å². The number of benzene rings is 4. The molecule has 4 aromatic carbocycles. The summed E-state index contributed by atoms with van der Waals surface area (Å²) in [5.41, 5.74) is 0.0583. The third-order valence-electron chi connectivity index (χ3n) is 5.96. The Bertz CT molecular complexity index is 1550. The zero-order chi connectivity index (χ0) is 23.5. The molecule has 33 heavy (non-hydrogen) atoms. The number of fused-ring (bicyclic) bond motifs is 3. The van der Waals surface area contributed by atoms with Crippen LogP contribution in [0.2, 0.25) is 0 Å². The van der Waals surface area contributed by atoms with Gasteiger partial charge in [0.1, 0.15) is 12.1 Å². The molecule has 0 spiro atoms. The van der Waals surface area contributed by atoms with Crippen LogP contribution in [0.4, 0.5) is 17.6 Å². The summed E-state index contributed by atoms with van der Waals surface area (Å²) in [6.07, 6.45) is -3.63. The molecule has 5 rings (SSSR count). The Balaban J connectivity index is 1.96. The van der Waals surface area contributed by atoms with Gasteiger partial charge in [-0.15, -0.1) is 0 Å². The summed E-state index contributed by atoms with van der Waals surface area (Å²) >= 11 is 0. The molecule has 0 aliphatic heterocycles. The van der Waals surface area contributed by atoms with Crippen molar-refractivity contribution in [1.29, 1.82) is 0 Å². The average Bonchev–Trinajstić information content (AvgIpc) is 2.76. The van der Waals surface area contributed by atoms with Crippen molar-refractivity contribution in [3.63, 3.8) is 0 Å². The third kappa shape index (κ3) is 3.41. The van der Waals surface area contributed by atoms with Gasteiger partial charge in [0.2, 0.25) is 0 Å². The van der Waals surface area contributed by atoms with E-state index in [1.165, 1.54) is 24.3 Å². The van der Waals surface area contributed by atoms with Crippen LogP contribution in [0.3, 0.4) is 0 Å². The number of hydrogen-bond acceptors (Lipinski definition) is 2. The molecule has 0 aliphatic rings. The number of hydrogen-bond donors (Lipinski definition) is 0. The van der Waals surface area contributed by atoms with Crippen LogP contribution in [0.1, 0.15) is 31.9 Å². The van der Waals surface area contributed by atoms with Crippen molar-refractivity contribution in [1.82, 2.24) is 9.97 Å². The normalized spacial score (nSPS) is 12.7. The van der Waals surface area contributed by atoms with Gasteiger partial charge in [-0.1, -0.05) is 69.3 Å². The summed E-state index contributed by atoms with van der Waals surface area (Å²) in [6, 6.07) is 17.1. The van der Waals surface area contributed by atoms with E-state index in [1.54, 1.807) is 0 Å². The van der Waals surface area contributed by atoms with Gasteiger partial charge >= 0.3 is 6.18 Å². The van der Waals surface area contributed by atoms with Gasteiger partial charge in [0, 0.05) is 10.9 Å². The molecule has 6 heteroatoms. The van der Waals surface area contributed by atoms with E-state index < -0.39 is 23.1 Å². The van der Waals surface area contributed by atoms with Crippen LogP contribution >= 0.6 is 0 Å². The molecule has 1 heterocycles. The lowest BCUT2D eigenvalue weighted by Gasteiger charge is -2.23. The molecule has 166 valence electrons. The predicted molar refractivity (Wildman–Crippen MR) is 124 cm³/mol. The van der Waals surface area contributed by atoms with E-state index in [2.05, 4.69) is 30.7 Å². The zero-order valence-electron chi connectivity index (χ0n) is 18.3. The topological polar surface area (TPSA) is 25.8 Å². The summed E-state index contributed by atoms with van der Waals surface area (Å²) in [4.78, 5) is 8.19. The molecule has 0 saturated heterocycles. The first-order valence-corrected chi connectivity index (χ1v) is 10.5. The second-order valence-electron chi connectivity index (χ2n) is 9.17. The molecule has 0 saturated carbocycles. The SMILES string of the molecule is CC(C)(C)c1cc(-c2ncnc3c(C(F)(F)F)c4ccccc4c(F)c23)cc2ccccc12. The lowest BCUT2D eigenvalue weighted by atomic mass is 9.82. The van der Waals surface area contributed by atoms with E-state index in [4.69, 9.17) is 0 Å². The quantitative estimate of drug-likeness (QED) is 0.191. The number of aromatic nitrogens is 2. The Morgan fingerprint density at radius 1 is 0.758 bits per heavy atom. The van der Waals surface area contributed by atoms with Crippen molar-refractivity contribution >= 4 is 32.4 Å². The molecule has 0 amide bonds. The van der Waals surface area contributed by atoms with Crippen molar-refractivity contribution < 1.29 is 17.6 Å². The Morgan fingerprint density at radius 3 is 2.06 bits per heavy atom. The highest BCUT2D eigenvalue weighted by molar-refractivity contribution is 6.07. The first kappa shape index (κ1) is 21.3. The second-order valence-corrected chi connectivity index (χ2v) is 9.17. The van der Waals surface area contributed by atoms with Crippen LogP contribution in [-0.2, 0) is 11.6 Å². The molecular formula is C27H20F4N2. The van der Waals surface area contributed by atoms with Gasteiger partial charge in [-0.3, -0.25) is 0 Å². The Kier molecular flexibility index (Phi) is 4.67. The van der Waals surface area contributed by atoms with Crippen LogP contribution < -0.4 is 0 Å². The average molecular weight is 448 g/mol. The van der Waals surface area contributed by atoms with Crippen LogP contribution in [0.25, 0.3) is 43.7 Å². The van der Waals surface area contributed by atoms with Gasteiger partial charge in [-0.2, -0.15) is 13.2 Å². The second kappa shape index (κ2) is 7.24. The molecular weight excluding hydrogens is 428 g/mol. The van der Waals surface area contributed by atoms with Crippen molar-refractivity contribution in [2.75, 3.05) is 0 Å². The van der Waals surface area contributed by atoms with Crippen LogP contribution in [0.15, 0.2) is 67.0 Å². The molecule has 0 bridgehead atoms. The fraction of sp³-hybridized carbons (Fsp3) is 0.185. The minimum Gasteiger partial charge on any atom is -0.236 e. The number of nitrogens with zero attached hydrogens (tertiary/aromatic N) is 2. The maximum atomic E-state index is 15.8. The van der Waals surface area contributed by atoms with Gasteiger partial charge in [-0.05, 0) is 39.3 Å². The van der Waals surface area contributed by atoms with E-state index in [9.17, 15) is 13.2 Å². The Hall–Kier alpha value is -3.54. The summed E-state index contributed by atoms with van der Waals surface area (Å²) in [5, 5.41) is 1.40. The maximum Gasteiger partial charge on any atom is 0.419 e. The Morgan fingerprint density at radius 2 is 1.39 bits per heavy atom. The number of rotatable bonds is 1. The van der Waals surface area contributed by atoms with Crippen molar-refractivity contribution in [2.24, 2.45) is 0 Å². The van der Waals surface area contributed by atoms with Gasteiger partial charge in [0.25, 0.3) is 0 Å². The largest absolute Gasteiger partial charge is 0.419 e. The van der Waals surface area contributed by atoms with Crippen LogP contribution in [0.5, 0.6) is 0 Å². The first-order valence-electron chi connectivity index (χ1n) is 10.5. The van der Waals surface area contributed by atoms with Crippen molar-refractivity contribution in [2.45, 2.75) is 32.4 Å². The fourth-order valence-corrected chi connectivity index (χ4v) is 4.51. The molecule has 1 aromatic heterocycles. The van der Waals surface area contributed by atoms with E-state index in [1.807, 2.05) is 36.4 Å². The predicted octanol–water partition coefficient (Wildman–Crippen LogP) is 8.06. The Labute approximate surface area is 187 Å². The highest BCUT2D eigenvalue weighted by Crippen LogP contribution is 2.44. The highest BCUT2D eigenvalue weighted by Gasteiger charge is 2.37. The minimum absolute atomic E-state index is 0.106. The van der Waals surface area contributed by atoms with E-state index in [0.717, 1.165) is 22.7 Å². The summed E-state index contributed by atoms with van der Waals surface area (Å²) < 4.78 is 58.3. The molecule has 0 fully saturated rings. The van der Waals surface area contributed by atoms with Gasteiger partial charge in [0.05, 0.1) is 22.2 Å². The van der Waals surface area contributed by atoms with Crippen LogP contribution in [-0.4, -0.2) is 9.97 Å². The summed E-state index contributed by atoms with van der Waals surface area (Å²) in [6.45, 7) is 6.19. The van der Waals surface area contributed by atoms with Crippen molar-refractivity contribution in [3.8, 4) is 11.3 Å². The lowest BCUT2D eigenvalue weighted by molar-refractivity contribution is -0.135. The van der Waals surface area contributed by atoms with E-state index in [0.29, 0.717) is 5.56 Å². The lowest BCUT2D eigenvalue weighted by Crippen LogP contribution is -2.12. The molecule has 0 aliphatic carbocycles. The maximum absolute atomic E-state index is 15.8. The highest BCUT2D eigenvalue weighted by atomic mass is 19.4. The smallest absolute Gasteiger partial charge is 0.236 e. The van der Waals surface area contributed by atoms with E-state index >= 15 is 4.39 Å². The molecule has 5 aromatic rings. The van der Waals surface area contributed by atoms with Gasteiger partial charge in [0.15, 0.2) is 0 Å². The van der Waals surface area contributed by atoms with E-state index in [-0.39, 0.29) is 27.3 Å². The van der Waals surface area contributed by atoms with Crippen LogP contribution in [0, 0.1) is 5.82 Å². The van der Waals surface area contributed by atoms with Crippen molar-refractivity contribution in [3.05, 3.63) is 83.9 Å². The molecule has 0 atom stereocenters. The standard InChI is InChI=1S/C27H20F4N2/c1-26(2,3)20-13-16(12-15-8-4-5-9-17(15)20)24-21-23(28)19-11-7-6-10-18(19)22(27(29,30)31)25(21)33-14-32-24/h4-14H,1-3H3. The summed E-state index contributed by atoms with van der Waals surface area (Å²) in [7, 11) is 0. The summed E-state index contributed by atoms with van der Waals surface area (Å²) in [5.74, 6) is -0.755. The molecule has 0 radical (unpaired) electrons. The fourth-order valence-electron chi connectivity index (χ4n) is 4.51. The number of halogens is 4. The first-order chi connectivity index (χ1) is 15.6. The monoisotopic (exact) mass is 448 g/mol. The molecule has 0 N–H and O–H groups in total. The minimum atomic E-state index is -4.71. The third-order valence-corrected chi connectivity index (χ3v) is 5.96.